The van der Waals surface area contributed by atoms with Crippen LogP contribution in [0.25, 0.3) is 0 Å². The molecule has 0 radical (unpaired) electrons. The van der Waals surface area contributed by atoms with Gasteiger partial charge in [0.2, 0.25) is 5.91 Å². The van der Waals surface area contributed by atoms with E-state index in [2.05, 4.69) is 10.6 Å². The van der Waals surface area contributed by atoms with Gasteiger partial charge in [0.05, 0.1) is 6.42 Å². The van der Waals surface area contributed by atoms with E-state index in [4.69, 9.17) is 5.11 Å². The van der Waals surface area contributed by atoms with Crippen LogP contribution in [0.1, 0.15) is 25.3 Å². The molecule has 3 rings (SSSR count). The first-order chi connectivity index (χ1) is 15.2. The Balaban J connectivity index is 1.66. The number of hydrogen-bond donors (Lipinski definition) is 4. The molecule has 1 aromatic rings. The number of nitrogens with one attached hydrogen (secondary N) is 2. The molecule has 11 heteroatoms. The standard InChI is InChI=1S/C21H23N3O7S/c1-11-10-32-20-16(23-14(25)9-12-5-3-2-4-6-12)19(29)24(20)17(11)18(28)22-13(21(30)31)7-8-15(26)27/h2-6,13,16,20H,7-10H2,1H3,(H,22,28)(H,23,25)(H,26,27)(H,30,31). The van der Waals surface area contributed by atoms with Crippen molar-refractivity contribution < 1.29 is 34.2 Å². The number of carbonyl (C=O) groups is 5. The van der Waals surface area contributed by atoms with Crippen LogP contribution in [0.2, 0.25) is 0 Å². The van der Waals surface area contributed by atoms with Gasteiger partial charge in [0.25, 0.3) is 11.8 Å². The van der Waals surface area contributed by atoms with E-state index in [9.17, 15) is 29.1 Å². The van der Waals surface area contributed by atoms with Crippen LogP contribution in [0.15, 0.2) is 41.6 Å². The number of thioether (sulfide) groups is 1. The molecule has 1 saturated heterocycles. The zero-order valence-electron chi connectivity index (χ0n) is 17.2. The summed E-state index contributed by atoms with van der Waals surface area (Å²) in [5.74, 6) is -3.64. The number of nitrogens with zero attached hydrogens (tertiary/aromatic N) is 1. The highest BCUT2D eigenvalue weighted by Crippen LogP contribution is 2.40. The quantitative estimate of drug-likeness (QED) is 0.384. The Hall–Kier alpha value is -3.34. The summed E-state index contributed by atoms with van der Waals surface area (Å²) < 4.78 is 0. The number of carboxylic acids is 2. The molecule has 0 saturated carbocycles. The van der Waals surface area contributed by atoms with E-state index in [-0.39, 0.29) is 24.4 Å². The first-order valence-corrected chi connectivity index (χ1v) is 11.0. The Kier molecular flexibility index (Phi) is 7.18. The average Bonchev–Trinajstić information content (AvgIpc) is 2.74. The fraction of sp³-hybridized carbons (Fsp3) is 0.381. The first kappa shape index (κ1) is 23.3. The molecule has 32 heavy (non-hydrogen) atoms. The third kappa shape index (κ3) is 5.10. The molecule has 3 atom stereocenters. The first-order valence-electron chi connectivity index (χ1n) is 9.92. The minimum Gasteiger partial charge on any atom is -0.481 e. The van der Waals surface area contributed by atoms with Crippen molar-refractivity contribution in [2.24, 2.45) is 0 Å². The van der Waals surface area contributed by atoms with Gasteiger partial charge in [-0.1, -0.05) is 30.3 Å². The molecule has 10 nitrogen and oxygen atoms in total. The second-order valence-electron chi connectivity index (χ2n) is 7.54. The molecule has 3 amide bonds. The molecule has 0 bridgehead atoms. The van der Waals surface area contributed by atoms with E-state index >= 15 is 0 Å². The number of fused-ring (bicyclic) bond motifs is 1. The molecular weight excluding hydrogens is 438 g/mol. The van der Waals surface area contributed by atoms with Crippen LogP contribution < -0.4 is 10.6 Å². The summed E-state index contributed by atoms with van der Waals surface area (Å²) in [5.41, 5.74) is 1.45. The molecule has 2 heterocycles. The zero-order chi connectivity index (χ0) is 23.4. The highest BCUT2D eigenvalue weighted by Gasteiger charge is 2.53. The van der Waals surface area contributed by atoms with Crippen molar-refractivity contribution in [3.63, 3.8) is 0 Å². The smallest absolute Gasteiger partial charge is 0.326 e. The van der Waals surface area contributed by atoms with Crippen molar-refractivity contribution in [3.8, 4) is 0 Å². The Morgan fingerprint density at radius 2 is 1.88 bits per heavy atom. The summed E-state index contributed by atoms with van der Waals surface area (Å²) >= 11 is 1.40. The molecule has 0 aliphatic carbocycles. The predicted octanol–water partition coefficient (Wildman–Crippen LogP) is 0.337. The third-order valence-corrected chi connectivity index (χ3v) is 6.57. The molecule has 0 spiro atoms. The van der Waals surface area contributed by atoms with Crippen LogP contribution in [0.5, 0.6) is 0 Å². The predicted molar refractivity (Wildman–Crippen MR) is 114 cm³/mol. The number of aliphatic carboxylic acids is 2. The van der Waals surface area contributed by atoms with E-state index in [0.29, 0.717) is 11.3 Å². The summed E-state index contributed by atoms with van der Waals surface area (Å²) in [6, 6.07) is 6.90. The van der Waals surface area contributed by atoms with E-state index < -0.39 is 47.6 Å². The molecule has 2 aliphatic heterocycles. The van der Waals surface area contributed by atoms with Gasteiger partial charge in [0, 0.05) is 12.2 Å². The van der Waals surface area contributed by atoms with Gasteiger partial charge in [-0.25, -0.2) is 4.79 Å². The Morgan fingerprint density at radius 3 is 2.50 bits per heavy atom. The van der Waals surface area contributed by atoms with Crippen LogP contribution in [0, 0.1) is 0 Å². The van der Waals surface area contributed by atoms with Gasteiger partial charge in [0.15, 0.2) is 0 Å². The average molecular weight is 461 g/mol. The van der Waals surface area contributed by atoms with Crippen LogP contribution in [0.3, 0.4) is 0 Å². The highest BCUT2D eigenvalue weighted by molar-refractivity contribution is 8.00. The van der Waals surface area contributed by atoms with Gasteiger partial charge in [-0.15, -0.1) is 11.8 Å². The molecule has 170 valence electrons. The maximum atomic E-state index is 12.8. The molecule has 1 fully saturated rings. The number of carboxylic acid groups (broad SMARTS) is 2. The Morgan fingerprint density at radius 1 is 1.19 bits per heavy atom. The van der Waals surface area contributed by atoms with Crippen molar-refractivity contribution in [1.29, 1.82) is 0 Å². The maximum Gasteiger partial charge on any atom is 0.326 e. The summed E-state index contributed by atoms with van der Waals surface area (Å²) in [4.78, 5) is 61.4. The fourth-order valence-corrected chi connectivity index (χ4v) is 4.84. The van der Waals surface area contributed by atoms with E-state index in [1.54, 1.807) is 6.92 Å². The van der Waals surface area contributed by atoms with E-state index in [1.165, 1.54) is 16.7 Å². The number of carbonyl (C=O) groups excluding carboxylic acids is 3. The van der Waals surface area contributed by atoms with Crippen LogP contribution in [0.4, 0.5) is 0 Å². The van der Waals surface area contributed by atoms with Gasteiger partial charge in [0.1, 0.15) is 23.2 Å². The van der Waals surface area contributed by atoms with Crippen molar-refractivity contribution in [1.82, 2.24) is 15.5 Å². The number of amides is 3. The minimum absolute atomic E-state index is 0.0499. The van der Waals surface area contributed by atoms with Crippen LogP contribution in [-0.4, -0.2) is 68.0 Å². The maximum absolute atomic E-state index is 12.8. The minimum atomic E-state index is -1.40. The van der Waals surface area contributed by atoms with Gasteiger partial charge in [-0.05, 0) is 24.5 Å². The molecule has 2 aliphatic rings. The Labute approximate surface area is 188 Å². The van der Waals surface area contributed by atoms with Crippen molar-refractivity contribution in [2.45, 2.75) is 43.6 Å². The summed E-state index contributed by atoms with van der Waals surface area (Å²) in [6.07, 6.45) is -0.590. The SMILES string of the molecule is CC1=C(C(=O)NC(CCC(=O)O)C(=O)O)N2C(=O)C(NC(=O)Cc3ccccc3)C2SC1. The lowest BCUT2D eigenvalue weighted by atomic mass is 10.0. The number of β-lactam (4-membered cyclic amide) rings is 1. The topological polar surface area (TPSA) is 153 Å². The van der Waals surface area contributed by atoms with Crippen LogP contribution in [-0.2, 0) is 30.4 Å². The highest BCUT2D eigenvalue weighted by atomic mass is 32.2. The summed E-state index contributed by atoms with van der Waals surface area (Å²) in [7, 11) is 0. The van der Waals surface area contributed by atoms with Crippen molar-refractivity contribution >= 4 is 41.4 Å². The van der Waals surface area contributed by atoms with Gasteiger partial charge >= 0.3 is 11.9 Å². The number of hydrogen-bond acceptors (Lipinski definition) is 6. The third-order valence-electron chi connectivity index (χ3n) is 5.15. The second-order valence-corrected chi connectivity index (χ2v) is 8.65. The molecule has 4 N–H and O–H groups in total. The molecular formula is C21H23N3O7S. The van der Waals surface area contributed by atoms with E-state index in [1.807, 2.05) is 30.3 Å². The number of benzene rings is 1. The monoisotopic (exact) mass is 461 g/mol. The molecule has 1 aromatic carbocycles. The van der Waals surface area contributed by atoms with Crippen molar-refractivity contribution in [3.05, 3.63) is 47.2 Å². The second kappa shape index (κ2) is 9.86. The van der Waals surface area contributed by atoms with E-state index in [0.717, 1.165) is 5.56 Å². The number of rotatable bonds is 9. The lowest BCUT2D eigenvalue weighted by Gasteiger charge is -2.49. The van der Waals surface area contributed by atoms with Crippen LogP contribution >= 0.6 is 11.8 Å². The molecule has 0 aromatic heterocycles. The zero-order valence-corrected chi connectivity index (χ0v) is 18.1. The normalized spacial score (nSPS) is 20.7. The van der Waals surface area contributed by atoms with Gasteiger partial charge in [-0.2, -0.15) is 0 Å². The van der Waals surface area contributed by atoms with Gasteiger partial charge < -0.3 is 20.8 Å². The molecule has 3 unspecified atom stereocenters. The Bertz CT molecular complexity index is 979. The summed E-state index contributed by atoms with van der Waals surface area (Å²) in [5, 5.41) is 22.6. The lowest BCUT2D eigenvalue weighted by molar-refractivity contribution is -0.148. The fourth-order valence-electron chi connectivity index (χ4n) is 3.55. The lowest BCUT2D eigenvalue weighted by Crippen LogP contribution is -2.71. The van der Waals surface area contributed by atoms with Gasteiger partial charge in [-0.3, -0.25) is 24.1 Å². The largest absolute Gasteiger partial charge is 0.481 e. The summed E-state index contributed by atoms with van der Waals surface area (Å²) in [6.45, 7) is 1.67. The van der Waals surface area contributed by atoms with Crippen molar-refractivity contribution in [2.75, 3.05) is 5.75 Å².